The standard InChI is InChI=1S/C17H12N4O2/c22-17(23)12-3-1-11(2-4-12)15-9-18-16-6-5-13(10-21(15)16)14-7-19-20-8-14/h1-10H,(H,19,20)(H,22,23). The molecule has 6 heteroatoms. The van der Waals surface area contributed by atoms with Gasteiger partial charge in [0.15, 0.2) is 0 Å². The minimum atomic E-state index is -0.933. The first-order valence-corrected chi connectivity index (χ1v) is 7.02. The molecule has 6 nitrogen and oxygen atoms in total. The highest BCUT2D eigenvalue weighted by atomic mass is 16.4. The van der Waals surface area contributed by atoms with E-state index >= 15 is 0 Å². The number of nitrogens with zero attached hydrogens (tertiary/aromatic N) is 3. The molecule has 0 amide bonds. The second-order valence-electron chi connectivity index (χ2n) is 5.16. The van der Waals surface area contributed by atoms with Crippen LogP contribution in [-0.2, 0) is 0 Å². The molecule has 23 heavy (non-hydrogen) atoms. The molecule has 3 heterocycles. The maximum Gasteiger partial charge on any atom is 0.335 e. The third-order valence-corrected chi connectivity index (χ3v) is 3.76. The Morgan fingerprint density at radius 2 is 1.78 bits per heavy atom. The lowest BCUT2D eigenvalue weighted by Gasteiger charge is -2.05. The van der Waals surface area contributed by atoms with Crippen LogP contribution in [-0.4, -0.2) is 30.7 Å². The number of benzene rings is 1. The minimum Gasteiger partial charge on any atom is -0.478 e. The number of aromatic carboxylic acids is 1. The molecular weight excluding hydrogens is 292 g/mol. The van der Waals surface area contributed by atoms with Crippen LogP contribution >= 0.6 is 0 Å². The molecule has 0 unspecified atom stereocenters. The molecule has 0 bridgehead atoms. The number of carboxylic acid groups (broad SMARTS) is 1. The number of fused-ring (bicyclic) bond motifs is 1. The normalized spacial score (nSPS) is 11.0. The lowest BCUT2D eigenvalue weighted by atomic mass is 10.1. The van der Waals surface area contributed by atoms with Gasteiger partial charge in [-0.05, 0) is 24.3 Å². The smallest absolute Gasteiger partial charge is 0.335 e. The summed E-state index contributed by atoms with van der Waals surface area (Å²) in [5.74, 6) is -0.933. The van der Waals surface area contributed by atoms with Gasteiger partial charge in [-0.25, -0.2) is 9.78 Å². The van der Waals surface area contributed by atoms with Gasteiger partial charge in [0.1, 0.15) is 5.65 Å². The third kappa shape index (κ3) is 2.26. The van der Waals surface area contributed by atoms with Gasteiger partial charge in [-0.15, -0.1) is 0 Å². The Kier molecular flexibility index (Phi) is 2.94. The largest absolute Gasteiger partial charge is 0.478 e. The van der Waals surface area contributed by atoms with Crippen molar-refractivity contribution in [1.29, 1.82) is 0 Å². The Hall–Kier alpha value is -3.41. The fourth-order valence-electron chi connectivity index (χ4n) is 2.56. The molecule has 0 radical (unpaired) electrons. The van der Waals surface area contributed by atoms with Gasteiger partial charge < -0.3 is 5.11 Å². The summed E-state index contributed by atoms with van der Waals surface area (Å²) in [7, 11) is 0. The van der Waals surface area contributed by atoms with E-state index in [2.05, 4.69) is 15.2 Å². The van der Waals surface area contributed by atoms with Crippen molar-refractivity contribution in [3.8, 4) is 22.4 Å². The van der Waals surface area contributed by atoms with E-state index in [1.54, 1.807) is 36.7 Å². The molecule has 0 fully saturated rings. The Balaban J connectivity index is 1.83. The van der Waals surface area contributed by atoms with Gasteiger partial charge in [-0.2, -0.15) is 5.10 Å². The van der Waals surface area contributed by atoms with Crippen LogP contribution in [0.2, 0.25) is 0 Å². The molecule has 4 rings (SSSR count). The van der Waals surface area contributed by atoms with Crippen molar-refractivity contribution in [2.24, 2.45) is 0 Å². The summed E-state index contributed by atoms with van der Waals surface area (Å²) in [5, 5.41) is 15.8. The number of carbonyl (C=O) groups is 1. The van der Waals surface area contributed by atoms with Crippen LogP contribution in [0.25, 0.3) is 28.0 Å². The average molecular weight is 304 g/mol. The fraction of sp³-hybridized carbons (Fsp3) is 0. The van der Waals surface area contributed by atoms with E-state index in [1.807, 2.05) is 28.9 Å². The highest BCUT2D eigenvalue weighted by molar-refractivity contribution is 5.88. The van der Waals surface area contributed by atoms with Crippen LogP contribution in [0.3, 0.4) is 0 Å². The quantitative estimate of drug-likeness (QED) is 0.609. The lowest BCUT2D eigenvalue weighted by Crippen LogP contribution is -1.95. The molecule has 2 N–H and O–H groups in total. The maximum absolute atomic E-state index is 11.0. The molecule has 0 saturated carbocycles. The van der Waals surface area contributed by atoms with Gasteiger partial charge in [-0.3, -0.25) is 9.50 Å². The number of pyridine rings is 1. The number of hydrogen-bond donors (Lipinski definition) is 2. The average Bonchev–Trinajstić information content (AvgIpc) is 3.24. The summed E-state index contributed by atoms with van der Waals surface area (Å²) >= 11 is 0. The monoisotopic (exact) mass is 304 g/mol. The SMILES string of the molecule is O=C(O)c1ccc(-c2cnc3ccc(-c4cn[nH]c4)cn23)cc1. The van der Waals surface area contributed by atoms with Crippen LogP contribution in [0, 0.1) is 0 Å². The summed E-state index contributed by atoms with van der Waals surface area (Å²) in [5.41, 5.74) is 4.92. The zero-order valence-corrected chi connectivity index (χ0v) is 12.0. The molecule has 0 aliphatic carbocycles. The molecule has 0 atom stereocenters. The Labute approximate surface area is 131 Å². The fourth-order valence-corrected chi connectivity index (χ4v) is 2.56. The topological polar surface area (TPSA) is 83.3 Å². The van der Waals surface area contributed by atoms with Gasteiger partial charge in [0, 0.05) is 29.1 Å². The predicted octanol–water partition coefficient (Wildman–Crippen LogP) is 3.09. The van der Waals surface area contributed by atoms with Crippen molar-refractivity contribution >= 4 is 11.6 Å². The van der Waals surface area contributed by atoms with Crippen molar-refractivity contribution in [3.05, 3.63) is 66.7 Å². The maximum atomic E-state index is 11.0. The number of carboxylic acids is 1. The van der Waals surface area contributed by atoms with E-state index in [0.29, 0.717) is 0 Å². The highest BCUT2D eigenvalue weighted by Crippen LogP contribution is 2.25. The summed E-state index contributed by atoms with van der Waals surface area (Å²) < 4.78 is 1.98. The van der Waals surface area contributed by atoms with E-state index in [-0.39, 0.29) is 5.56 Å². The molecule has 0 aliphatic heterocycles. The van der Waals surface area contributed by atoms with E-state index in [9.17, 15) is 4.79 Å². The van der Waals surface area contributed by atoms with Gasteiger partial charge in [0.25, 0.3) is 0 Å². The zero-order chi connectivity index (χ0) is 15.8. The van der Waals surface area contributed by atoms with E-state index in [1.165, 1.54) is 0 Å². The van der Waals surface area contributed by atoms with Crippen molar-refractivity contribution in [1.82, 2.24) is 19.6 Å². The second kappa shape index (κ2) is 5.10. The van der Waals surface area contributed by atoms with E-state index in [0.717, 1.165) is 28.0 Å². The minimum absolute atomic E-state index is 0.265. The number of nitrogens with one attached hydrogen (secondary N) is 1. The van der Waals surface area contributed by atoms with Crippen molar-refractivity contribution in [3.63, 3.8) is 0 Å². The van der Waals surface area contributed by atoms with Gasteiger partial charge in [0.05, 0.1) is 23.7 Å². The second-order valence-corrected chi connectivity index (χ2v) is 5.16. The predicted molar refractivity (Wildman–Crippen MR) is 85.2 cm³/mol. The Morgan fingerprint density at radius 3 is 2.48 bits per heavy atom. The Morgan fingerprint density at radius 1 is 1.00 bits per heavy atom. The molecular formula is C17H12N4O2. The zero-order valence-electron chi connectivity index (χ0n) is 12.0. The van der Waals surface area contributed by atoms with Crippen LogP contribution in [0.5, 0.6) is 0 Å². The lowest BCUT2D eigenvalue weighted by molar-refractivity contribution is 0.0697. The summed E-state index contributed by atoms with van der Waals surface area (Å²) in [6.45, 7) is 0. The first kappa shape index (κ1) is 13.3. The number of aromatic amines is 1. The molecule has 1 aromatic carbocycles. The van der Waals surface area contributed by atoms with Gasteiger partial charge in [-0.1, -0.05) is 12.1 Å². The third-order valence-electron chi connectivity index (χ3n) is 3.76. The van der Waals surface area contributed by atoms with Crippen molar-refractivity contribution in [2.45, 2.75) is 0 Å². The van der Waals surface area contributed by atoms with Crippen LogP contribution in [0.1, 0.15) is 10.4 Å². The molecule has 3 aromatic heterocycles. The molecule has 0 saturated heterocycles. The van der Waals surface area contributed by atoms with Gasteiger partial charge >= 0.3 is 5.97 Å². The van der Waals surface area contributed by atoms with E-state index < -0.39 is 5.97 Å². The molecule has 0 spiro atoms. The number of H-pyrrole nitrogens is 1. The van der Waals surface area contributed by atoms with Crippen LogP contribution < -0.4 is 0 Å². The number of rotatable bonds is 3. The van der Waals surface area contributed by atoms with E-state index in [4.69, 9.17) is 5.11 Å². The molecule has 4 aromatic rings. The first-order chi connectivity index (χ1) is 11.2. The van der Waals surface area contributed by atoms with Crippen LogP contribution in [0.15, 0.2) is 61.2 Å². The summed E-state index contributed by atoms with van der Waals surface area (Å²) in [6, 6.07) is 10.7. The highest BCUT2D eigenvalue weighted by Gasteiger charge is 2.09. The number of aromatic nitrogens is 4. The molecule has 112 valence electrons. The number of hydrogen-bond acceptors (Lipinski definition) is 3. The first-order valence-electron chi connectivity index (χ1n) is 7.02. The van der Waals surface area contributed by atoms with Crippen LogP contribution in [0.4, 0.5) is 0 Å². The summed E-state index contributed by atoms with van der Waals surface area (Å²) in [6.07, 6.45) is 7.37. The Bertz CT molecular complexity index is 985. The van der Waals surface area contributed by atoms with Crippen molar-refractivity contribution < 1.29 is 9.90 Å². The van der Waals surface area contributed by atoms with Crippen molar-refractivity contribution in [2.75, 3.05) is 0 Å². The molecule has 0 aliphatic rings. The summed E-state index contributed by atoms with van der Waals surface area (Å²) in [4.78, 5) is 15.4. The van der Waals surface area contributed by atoms with Gasteiger partial charge in [0.2, 0.25) is 0 Å². The number of imidazole rings is 1.